The first-order valence-corrected chi connectivity index (χ1v) is 21.6. The van der Waals surface area contributed by atoms with Crippen molar-refractivity contribution in [1.29, 1.82) is 0 Å². The molecule has 1 aliphatic rings. The summed E-state index contributed by atoms with van der Waals surface area (Å²) in [6, 6.07) is 0. The summed E-state index contributed by atoms with van der Waals surface area (Å²) in [7, 11) is 0. The Bertz CT molecular complexity index is 1190. The Morgan fingerprint density at radius 3 is 1.95 bits per heavy atom. The van der Waals surface area contributed by atoms with E-state index in [0.29, 0.717) is 4.57 Å². The molecule has 0 unspecified atom stereocenters. The molecule has 37 heavy (non-hydrogen) atoms. The predicted octanol–water partition coefficient (Wildman–Crippen LogP) is 0.662. The van der Waals surface area contributed by atoms with E-state index in [4.69, 9.17) is 23.7 Å². The van der Waals surface area contributed by atoms with Crippen LogP contribution in [0.5, 0.6) is 0 Å². The average molecular weight is 633 g/mol. The van der Waals surface area contributed by atoms with Crippen molar-refractivity contribution in [2.45, 2.75) is 86.5 Å². The molecule has 206 valence electrons. The van der Waals surface area contributed by atoms with E-state index in [2.05, 4.69) is 0 Å². The zero-order chi connectivity index (χ0) is 28.5. The Labute approximate surface area is 217 Å². The van der Waals surface area contributed by atoms with Crippen LogP contribution in [0.3, 0.4) is 0 Å². The third-order valence-corrected chi connectivity index (χ3v) is 10.7. The Balaban J connectivity index is 2.79. The predicted molar refractivity (Wildman–Crippen MR) is 131 cm³/mol. The van der Waals surface area contributed by atoms with Gasteiger partial charge in [-0.25, -0.2) is 0 Å². The van der Waals surface area contributed by atoms with Crippen LogP contribution >= 0.6 is 0 Å². The van der Waals surface area contributed by atoms with Crippen molar-refractivity contribution in [1.82, 2.24) is 9.13 Å². The Morgan fingerprint density at radius 1 is 0.946 bits per heavy atom. The Morgan fingerprint density at radius 2 is 1.49 bits per heavy atom. The molecule has 0 saturated carbocycles. The topological polar surface area (TPSA) is 158 Å². The fourth-order valence-electron chi connectivity index (χ4n) is 3.65. The molecule has 1 aromatic heterocycles. The number of hydrogen-bond donors (Lipinski definition) is 0. The Kier molecular flexibility index (Phi) is 9.39. The molecule has 0 aromatic carbocycles. The van der Waals surface area contributed by atoms with E-state index in [1.165, 1.54) is 13.1 Å². The van der Waals surface area contributed by atoms with Crippen LogP contribution < -0.4 is 14.8 Å². The van der Waals surface area contributed by atoms with Crippen molar-refractivity contribution in [3.05, 3.63) is 27.0 Å². The van der Waals surface area contributed by atoms with Gasteiger partial charge >= 0.3 is 218 Å². The van der Waals surface area contributed by atoms with E-state index in [1.54, 1.807) is 20.8 Å². The molecule has 0 bridgehead atoms. The maximum absolute atomic E-state index is 13.6. The van der Waals surface area contributed by atoms with Crippen molar-refractivity contribution >= 4 is 46.0 Å². The van der Waals surface area contributed by atoms with Gasteiger partial charge in [-0.05, 0) is 0 Å². The second-order valence-corrected chi connectivity index (χ2v) is 25.0. The van der Waals surface area contributed by atoms with Gasteiger partial charge in [0.1, 0.15) is 0 Å². The van der Waals surface area contributed by atoms with Crippen molar-refractivity contribution in [3.8, 4) is 0 Å². The minimum atomic E-state index is -3.32. The summed E-state index contributed by atoms with van der Waals surface area (Å²) in [5, 5.41) is 0. The first-order chi connectivity index (χ1) is 16.8. The van der Waals surface area contributed by atoms with Gasteiger partial charge in [0.05, 0.1) is 0 Å². The van der Waals surface area contributed by atoms with Gasteiger partial charge < -0.3 is 0 Å². The molecule has 1 saturated heterocycles. The van der Waals surface area contributed by atoms with E-state index >= 15 is 0 Å². The van der Waals surface area contributed by atoms with Crippen LogP contribution in [0.1, 0.15) is 47.8 Å². The second-order valence-electron chi connectivity index (χ2n) is 10.6. The number of esters is 3. The summed E-state index contributed by atoms with van der Waals surface area (Å²) in [4.78, 5) is 80.7. The molecule has 0 radical (unpaired) electrons. The zero-order valence-electron chi connectivity index (χ0n) is 22.5. The third-order valence-electron chi connectivity index (χ3n) is 5.11. The molecule has 0 aliphatic carbocycles. The van der Waals surface area contributed by atoms with Crippen molar-refractivity contribution in [3.63, 3.8) is 0 Å². The molecule has 2 heterocycles. The minimum absolute atomic E-state index is 0.261. The summed E-state index contributed by atoms with van der Waals surface area (Å²) in [5.74, 6) is -2.15. The molecule has 1 aliphatic heterocycles. The Hall–Kier alpha value is -2.68. The van der Waals surface area contributed by atoms with E-state index in [1.807, 2.05) is 14.8 Å². The number of aromatic nitrogens is 2. The van der Waals surface area contributed by atoms with Gasteiger partial charge in [-0.1, -0.05) is 0 Å². The first kappa shape index (κ1) is 30.5. The zero-order valence-corrected chi connectivity index (χ0v) is 25.3. The summed E-state index contributed by atoms with van der Waals surface area (Å²) in [5.41, 5.74) is -2.90. The number of carbonyl (C=O) groups is 4. The van der Waals surface area contributed by atoms with Gasteiger partial charge in [-0.2, -0.15) is 0 Å². The van der Waals surface area contributed by atoms with Crippen LogP contribution in [0, 0.1) is 0 Å². The monoisotopic (exact) mass is 634 g/mol. The van der Waals surface area contributed by atoms with Crippen LogP contribution in [0.4, 0.5) is 4.79 Å². The van der Waals surface area contributed by atoms with Gasteiger partial charge in [-0.15, -0.1) is 0 Å². The third kappa shape index (κ3) is 7.66. The van der Waals surface area contributed by atoms with Gasteiger partial charge in [0, 0.05) is 0 Å². The molecular weight excluding hydrogens is 599 g/mol. The van der Waals surface area contributed by atoms with E-state index in [9.17, 15) is 28.8 Å². The van der Waals surface area contributed by atoms with E-state index in [-0.39, 0.29) is 10.2 Å². The van der Waals surface area contributed by atoms with Crippen LogP contribution in [-0.4, -0.2) is 82.0 Å². The quantitative estimate of drug-likeness (QED) is 0.246. The molecule has 4 atom stereocenters. The SMILES string of the molecule is CC(=O)OC[C@H]1O[C@@H](n2c[c]([Sn]([CH3])([CH3])[CH3])c(=O)n(C(=O)OC(C)(C)C)c2=O)[C@@H](OC(C)=O)[C@@H]1OC(C)=O. The normalized spacial score (nSPS) is 21.8. The average Bonchev–Trinajstić information content (AvgIpc) is 3.00. The number of nitrogens with zero attached hydrogens (tertiary/aromatic N) is 2. The van der Waals surface area contributed by atoms with Gasteiger partial charge in [-0.3, -0.25) is 0 Å². The summed E-state index contributed by atoms with van der Waals surface area (Å²) >= 11 is -3.32. The molecule has 14 heteroatoms. The summed E-state index contributed by atoms with van der Waals surface area (Å²) in [6.07, 6.45) is -5.07. The number of carbonyl (C=O) groups excluding carboxylic acids is 4. The molecule has 2 rings (SSSR count). The van der Waals surface area contributed by atoms with E-state index in [0.717, 1.165) is 18.4 Å². The second kappa shape index (κ2) is 11.4. The fraction of sp³-hybridized carbons (Fsp3) is 0.652. The molecule has 0 amide bonds. The van der Waals surface area contributed by atoms with Gasteiger partial charge in [0.15, 0.2) is 0 Å². The van der Waals surface area contributed by atoms with Crippen molar-refractivity contribution in [2.24, 2.45) is 0 Å². The molecule has 0 N–H and O–H groups in total. The number of ether oxygens (including phenoxy) is 5. The first-order valence-electron chi connectivity index (χ1n) is 11.6. The molecule has 13 nitrogen and oxygen atoms in total. The number of hydrogen-bond acceptors (Lipinski definition) is 11. The van der Waals surface area contributed by atoms with Crippen LogP contribution in [0.25, 0.3) is 0 Å². The molecule has 1 aromatic rings. The standard InChI is InChI=1S/C20H25N2O11.3CH3.Sn/c1-10(23)29-9-13-15(30-11(2)24)16(31-12(3)25)17(32-13)21-8-7-14(26)22(18(21)27)19(28)33-20(4,5)6;;;;/h8,13,15-17H,9H2,1-6H3;3*1H3;/t13-,15-,16+,17-;;;;/m1..../s1. The van der Waals surface area contributed by atoms with Crippen molar-refractivity contribution in [2.75, 3.05) is 6.61 Å². The fourth-order valence-corrected chi connectivity index (χ4v) is 7.31. The van der Waals surface area contributed by atoms with Crippen molar-refractivity contribution < 1.29 is 42.9 Å². The van der Waals surface area contributed by atoms with Crippen LogP contribution in [0.15, 0.2) is 15.8 Å². The molecule has 1 fully saturated rings. The van der Waals surface area contributed by atoms with Crippen LogP contribution in [-0.2, 0) is 38.1 Å². The summed E-state index contributed by atoms with van der Waals surface area (Å²) < 4.78 is 28.6. The number of rotatable bonds is 6. The van der Waals surface area contributed by atoms with Gasteiger partial charge in [0.25, 0.3) is 0 Å². The maximum atomic E-state index is 13.6. The molecule has 0 spiro atoms. The van der Waals surface area contributed by atoms with E-state index < -0.39 is 83.8 Å². The summed E-state index contributed by atoms with van der Waals surface area (Å²) in [6.45, 7) is 7.78. The van der Waals surface area contributed by atoms with Gasteiger partial charge in [0.2, 0.25) is 0 Å². The molecular formula is C23H34N2O11Sn. The van der Waals surface area contributed by atoms with Crippen LogP contribution in [0.2, 0.25) is 14.8 Å².